The lowest BCUT2D eigenvalue weighted by Crippen LogP contribution is -2.36. The SMILES string of the molecule is CCC1CCCN1C(=O)Cc1ccccc1N. The molecule has 0 radical (unpaired) electrons. The van der Waals surface area contributed by atoms with E-state index in [1.807, 2.05) is 29.2 Å². The first-order valence-corrected chi connectivity index (χ1v) is 6.35. The molecule has 17 heavy (non-hydrogen) atoms. The molecule has 0 spiro atoms. The lowest BCUT2D eigenvalue weighted by molar-refractivity contribution is -0.131. The molecule has 0 aliphatic carbocycles. The molecule has 1 fully saturated rings. The number of para-hydroxylation sites is 1. The molecule has 2 rings (SSSR count). The average molecular weight is 232 g/mol. The van der Waals surface area contributed by atoms with Crippen molar-refractivity contribution in [1.29, 1.82) is 0 Å². The van der Waals surface area contributed by atoms with Crippen LogP contribution >= 0.6 is 0 Å². The number of likely N-dealkylation sites (tertiary alicyclic amines) is 1. The lowest BCUT2D eigenvalue weighted by Gasteiger charge is -2.23. The van der Waals surface area contributed by atoms with Crippen molar-refractivity contribution in [2.45, 2.75) is 38.6 Å². The molecule has 1 saturated heterocycles. The van der Waals surface area contributed by atoms with Gasteiger partial charge in [0.2, 0.25) is 5.91 Å². The zero-order valence-corrected chi connectivity index (χ0v) is 10.4. The van der Waals surface area contributed by atoms with E-state index in [9.17, 15) is 4.79 Å². The first kappa shape index (κ1) is 12.0. The third kappa shape index (κ3) is 2.60. The predicted molar refractivity (Wildman–Crippen MR) is 69.6 cm³/mol. The van der Waals surface area contributed by atoms with Gasteiger partial charge in [-0.25, -0.2) is 0 Å². The van der Waals surface area contributed by atoms with Crippen LogP contribution in [0.4, 0.5) is 5.69 Å². The molecule has 1 aliphatic rings. The van der Waals surface area contributed by atoms with E-state index >= 15 is 0 Å². The summed E-state index contributed by atoms with van der Waals surface area (Å²) in [6.07, 6.45) is 3.76. The van der Waals surface area contributed by atoms with Crippen LogP contribution in [0.15, 0.2) is 24.3 Å². The maximum Gasteiger partial charge on any atom is 0.227 e. The Bertz CT molecular complexity index is 403. The van der Waals surface area contributed by atoms with Gasteiger partial charge in [-0.2, -0.15) is 0 Å². The van der Waals surface area contributed by atoms with Gasteiger partial charge in [-0.15, -0.1) is 0 Å². The first-order valence-electron chi connectivity index (χ1n) is 6.35. The Balaban J connectivity index is 2.04. The number of anilines is 1. The second kappa shape index (κ2) is 5.21. The quantitative estimate of drug-likeness (QED) is 0.812. The van der Waals surface area contributed by atoms with Crippen LogP contribution in [-0.4, -0.2) is 23.4 Å². The van der Waals surface area contributed by atoms with E-state index in [0.29, 0.717) is 18.2 Å². The van der Waals surface area contributed by atoms with Crippen LogP contribution in [0.5, 0.6) is 0 Å². The molecule has 3 nitrogen and oxygen atoms in total. The number of nitrogens with zero attached hydrogens (tertiary/aromatic N) is 1. The summed E-state index contributed by atoms with van der Waals surface area (Å²) < 4.78 is 0. The van der Waals surface area contributed by atoms with Gasteiger partial charge in [0.05, 0.1) is 6.42 Å². The number of hydrogen-bond donors (Lipinski definition) is 1. The number of amides is 1. The molecule has 0 aromatic heterocycles. The predicted octanol–water partition coefficient (Wildman–Crippen LogP) is 2.21. The second-order valence-corrected chi connectivity index (χ2v) is 4.67. The van der Waals surface area contributed by atoms with Crippen LogP contribution in [0, 0.1) is 0 Å². The minimum absolute atomic E-state index is 0.215. The monoisotopic (exact) mass is 232 g/mol. The van der Waals surface area contributed by atoms with Crippen LogP contribution in [0.3, 0.4) is 0 Å². The van der Waals surface area contributed by atoms with Crippen LogP contribution in [0.1, 0.15) is 31.7 Å². The largest absolute Gasteiger partial charge is 0.398 e. The van der Waals surface area contributed by atoms with Gasteiger partial charge in [0.1, 0.15) is 0 Å². The highest BCUT2D eigenvalue weighted by molar-refractivity contribution is 5.80. The molecular weight excluding hydrogens is 212 g/mol. The highest BCUT2D eigenvalue weighted by Crippen LogP contribution is 2.21. The normalized spacial score (nSPS) is 19.6. The third-order valence-electron chi connectivity index (χ3n) is 3.57. The maximum absolute atomic E-state index is 12.2. The molecule has 1 heterocycles. The zero-order valence-electron chi connectivity index (χ0n) is 10.4. The van der Waals surface area contributed by atoms with Gasteiger partial charge < -0.3 is 10.6 Å². The van der Waals surface area contributed by atoms with Crippen LogP contribution in [0.25, 0.3) is 0 Å². The fraction of sp³-hybridized carbons (Fsp3) is 0.500. The molecule has 0 bridgehead atoms. The van der Waals surface area contributed by atoms with Crippen molar-refractivity contribution < 1.29 is 4.79 Å². The number of benzene rings is 1. The Morgan fingerprint density at radius 3 is 2.94 bits per heavy atom. The Hall–Kier alpha value is -1.51. The van der Waals surface area contributed by atoms with Crippen LogP contribution < -0.4 is 5.73 Å². The smallest absolute Gasteiger partial charge is 0.227 e. The number of nitrogen functional groups attached to an aromatic ring is 1. The van der Waals surface area contributed by atoms with Crippen LogP contribution in [-0.2, 0) is 11.2 Å². The molecule has 1 aromatic carbocycles. The summed E-state index contributed by atoms with van der Waals surface area (Å²) in [6, 6.07) is 8.05. The topological polar surface area (TPSA) is 46.3 Å². The van der Waals surface area contributed by atoms with Gasteiger partial charge >= 0.3 is 0 Å². The van der Waals surface area contributed by atoms with Crippen molar-refractivity contribution in [3.05, 3.63) is 29.8 Å². The Morgan fingerprint density at radius 2 is 2.24 bits per heavy atom. The van der Waals surface area contributed by atoms with Crippen molar-refractivity contribution in [3.63, 3.8) is 0 Å². The van der Waals surface area contributed by atoms with Crippen molar-refractivity contribution >= 4 is 11.6 Å². The average Bonchev–Trinajstić information content (AvgIpc) is 2.80. The summed E-state index contributed by atoms with van der Waals surface area (Å²) in [5.74, 6) is 0.215. The van der Waals surface area contributed by atoms with E-state index in [1.165, 1.54) is 0 Å². The zero-order chi connectivity index (χ0) is 12.3. The second-order valence-electron chi connectivity index (χ2n) is 4.67. The van der Waals surface area contributed by atoms with E-state index in [0.717, 1.165) is 31.4 Å². The fourth-order valence-electron chi connectivity index (χ4n) is 2.55. The summed E-state index contributed by atoms with van der Waals surface area (Å²) in [6.45, 7) is 3.05. The summed E-state index contributed by atoms with van der Waals surface area (Å²) >= 11 is 0. The molecule has 0 saturated carbocycles. The highest BCUT2D eigenvalue weighted by atomic mass is 16.2. The standard InChI is InChI=1S/C14H20N2O/c1-2-12-7-5-9-16(12)14(17)10-11-6-3-4-8-13(11)15/h3-4,6,8,12H,2,5,7,9-10,15H2,1H3. The highest BCUT2D eigenvalue weighted by Gasteiger charge is 2.27. The Labute approximate surface area is 103 Å². The van der Waals surface area contributed by atoms with Crippen molar-refractivity contribution in [1.82, 2.24) is 4.90 Å². The van der Waals surface area contributed by atoms with Gasteiger partial charge in [-0.05, 0) is 30.9 Å². The fourth-order valence-corrected chi connectivity index (χ4v) is 2.55. The van der Waals surface area contributed by atoms with Gasteiger partial charge in [0.15, 0.2) is 0 Å². The maximum atomic E-state index is 12.2. The molecule has 92 valence electrons. The van der Waals surface area contributed by atoms with Crippen molar-refractivity contribution in [2.24, 2.45) is 0 Å². The lowest BCUT2D eigenvalue weighted by atomic mass is 10.1. The van der Waals surface area contributed by atoms with Crippen molar-refractivity contribution in [2.75, 3.05) is 12.3 Å². The molecule has 3 heteroatoms. The van der Waals surface area contributed by atoms with E-state index < -0.39 is 0 Å². The number of carbonyl (C=O) groups is 1. The van der Waals surface area contributed by atoms with Gasteiger partial charge in [-0.1, -0.05) is 25.1 Å². The van der Waals surface area contributed by atoms with E-state index in [2.05, 4.69) is 6.92 Å². The van der Waals surface area contributed by atoms with Gasteiger partial charge in [-0.3, -0.25) is 4.79 Å². The molecule has 1 amide bonds. The minimum Gasteiger partial charge on any atom is -0.398 e. The summed E-state index contributed by atoms with van der Waals surface area (Å²) in [5.41, 5.74) is 7.52. The molecule has 1 aliphatic heterocycles. The van der Waals surface area contributed by atoms with E-state index in [-0.39, 0.29) is 5.91 Å². The summed E-state index contributed by atoms with van der Waals surface area (Å²) in [4.78, 5) is 14.2. The van der Waals surface area contributed by atoms with Gasteiger partial charge in [0.25, 0.3) is 0 Å². The van der Waals surface area contributed by atoms with Crippen molar-refractivity contribution in [3.8, 4) is 0 Å². The number of nitrogens with two attached hydrogens (primary N) is 1. The van der Waals surface area contributed by atoms with E-state index in [1.54, 1.807) is 0 Å². The summed E-state index contributed by atoms with van der Waals surface area (Å²) in [7, 11) is 0. The Morgan fingerprint density at radius 1 is 1.47 bits per heavy atom. The number of rotatable bonds is 3. The Kier molecular flexibility index (Phi) is 3.67. The molecule has 1 atom stereocenters. The molecule has 1 aromatic rings. The molecular formula is C14H20N2O. The third-order valence-corrected chi connectivity index (χ3v) is 3.57. The van der Waals surface area contributed by atoms with E-state index in [4.69, 9.17) is 5.73 Å². The van der Waals surface area contributed by atoms with Gasteiger partial charge in [0, 0.05) is 18.3 Å². The first-order chi connectivity index (χ1) is 8.22. The molecule has 1 unspecified atom stereocenters. The number of hydrogen-bond acceptors (Lipinski definition) is 2. The number of carbonyl (C=O) groups excluding carboxylic acids is 1. The minimum atomic E-state index is 0.215. The summed E-state index contributed by atoms with van der Waals surface area (Å²) in [5, 5.41) is 0. The van der Waals surface area contributed by atoms with Crippen LogP contribution in [0.2, 0.25) is 0 Å². The molecule has 2 N–H and O–H groups in total.